The van der Waals surface area contributed by atoms with Crippen molar-refractivity contribution in [2.75, 3.05) is 19.7 Å². The first-order chi connectivity index (χ1) is 10.3. The van der Waals surface area contributed by atoms with E-state index in [4.69, 9.17) is 9.84 Å². The molecule has 0 spiro atoms. The van der Waals surface area contributed by atoms with Gasteiger partial charge in [0.05, 0.1) is 6.61 Å². The molecule has 5 nitrogen and oxygen atoms in total. The molecule has 0 bridgehead atoms. The van der Waals surface area contributed by atoms with E-state index in [0.717, 1.165) is 12.0 Å². The average molecular weight is 307 g/mol. The Morgan fingerprint density at radius 1 is 1.18 bits per heavy atom. The highest BCUT2D eigenvalue weighted by atomic mass is 16.6. The summed E-state index contributed by atoms with van der Waals surface area (Å²) in [7, 11) is 0. The molecule has 0 atom stereocenters. The van der Waals surface area contributed by atoms with Gasteiger partial charge in [-0.1, -0.05) is 19.1 Å². The summed E-state index contributed by atoms with van der Waals surface area (Å²) in [6.07, 6.45) is 0.896. The standard InChI is InChI=1S/C17H25NO4/c1-5-13-6-8-14(9-7-13)16(21)18(10-11-19)12-15(20)22-17(2,3)4/h6-9,19H,5,10-12H2,1-4H3. The number of ether oxygens (including phenoxy) is 1. The van der Waals surface area contributed by atoms with Crippen LogP contribution in [0.1, 0.15) is 43.6 Å². The fraction of sp³-hybridized carbons (Fsp3) is 0.529. The number of carbonyl (C=O) groups excluding carboxylic acids is 2. The van der Waals surface area contributed by atoms with E-state index in [9.17, 15) is 9.59 Å². The summed E-state index contributed by atoms with van der Waals surface area (Å²) in [5.41, 5.74) is 1.03. The molecule has 0 saturated carbocycles. The Kier molecular flexibility index (Phi) is 6.56. The van der Waals surface area contributed by atoms with Crippen molar-refractivity contribution in [2.24, 2.45) is 0 Å². The van der Waals surface area contributed by atoms with Crippen molar-refractivity contribution in [3.05, 3.63) is 35.4 Å². The first-order valence-electron chi connectivity index (χ1n) is 7.47. The fourth-order valence-electron chi connectivity index (χ4n) is 1.97. The molecule has 122 valence electrons. The van der Waals surface area contributed by atoms with Gasteiger partial charge < -0.3 is 14.7 Å². The highest BCUT2D eigenvalue weighted by molar-refractivity contribution is 5.96. The molecule has 1 rings (SSSR count). The van der Waals surface area contributed by atoms with Gasteiger partial charge in [-0.05, 0) is 44.9 Å². The fourth-order valence-corrected chi connectivity index (χ4v) is 1.97. The first-order valence-corrected chi connectivity index (χ1v) is 7.47. The van der Waals surface area contributed by atoms with Crippen LogP contribution in [0.4, 0.5) is 0 Å². The van der Waals surface area contributed by atoms with Gasteiger partial charge >= 0.3 is 5.97 Å². The minimum absolute atomic E-state index is 0.0909. The number of aliphatic hydroxyl groups is 1. The van der Waals surface area contributed by atoms with E-state index in [0.29, 0.717) is 5.56 Å². The third-order valence-corrected chi connectivity index (χ3v) is 3.01. The Bertz CT molecular complexity index is 502. The predicted molar refractivity (Wildman–Crippen MR) is 84.7 cm³/mol. The molecule has 0 aliphatic rings. The van der Waals surface area contributed by atoms with E-state index < -0.39 is 11.6 Å². The maximum absolute atomic E-state index is 12.4. The molecule has 5 heteroatoms. The maximum atomic E-state index is 12.4. The summed E-state index contributed by atoms with van der Waals surface area (Å²) in [6.45, 7) is 7.06. The minimum atomic E-state index is -0.603. The molecule has 0 fully saturated rings. The third kappa shape index (κ3) is 5.85. The highest BCUT2D eigenvalue weighted by Gasteiger charge is 2.22. The monoisotopic (exact) mass is 307 g/mol. The molecule has 1 aromatic rings. The van der Waals surface area contributed by atoms with Gasteiger partial charge in [-0.25, -0.2) is 0 Å². The van der Waals surface area contributed by atoms with Crippen LogP contribution in [0.15, 0.2) is 24.3 Å². The lowest BCUT2D eigenvalue weighted by atomic mass is 10.1. The normalized spacial score (nSPS) is 11.1. The van der Waals surface area contributed by atoms with Crippen molar-refractivity contribution in [2.45, 2.75) is 39.7 Å². The summed E-state index contributed by atoms with van der Waals surface area (Å²) in [5, 5.41) is 9.11. The van der Waals surface area contributed by atoms with Crippen molar-refractivity contribution >= 4 is 11.9 Å². The Balaban J connectivity index is 2.80. The number of carbonyl (C=O) groups is 2. The zero-order chi connectivity index (χ0) is 16.8. The van der Waals surface area contributed by atoms with Crippen molar-refractivity contribution in [1.29, 1.82) is 0 Å². The van der Waals surface area contributed by atoms with Crippen molar-refractivity contribution in [3.63, 3.8) is 0 Å². The Morgan fingerprint density at radius 2 is 1.77 bits per heavy atom. The Hall–Kier alpha value is -1.88. The number of hydrogen-bond acceptors (Lipinski definition) is 4. The van der Waals surface area contributed by atoms with E-state index in [1.807, 2.05) is 19.1 Å². The predicted octanol–water partition coefficient (Wildman–Crippen LogP) is 2.03. The van der Waals surface area contributed by atoms with Crippen LogP contribution >= 0.6 is 0 Å². The molecule has 1 N–H and O–H groups in total. The lowest BCUT2D eigenvalue weighted by Crippen LogP contribution is -2.40. The molecule has 0 unspecified atom stereocenters. The number of aryl methyl sites for hydroxylation is 1. The summed E-state index contributed by atoms with van der Waals surface area (Å²) in [4.78, 5) is 25.6. The first kappa shape index (κ1) is 18.2. The summed E-state index contributed by atoms with van der Waals surface area (Å²) >= 11 is 0. The van der Waals surface area contributed by atoms with Crippen LogP contribution in [0, 0.1) is 0 Å². The average Bonchev–Trinajstić information content (AvgIpc) is 2.44. The van der Waals surface area contributed by atoms with Crippen molar-refractivity contribution in [3.8, 4) is 0 Å². The molecule has 0 aromatic heterocycles. The van der Waals surface area contributed by atoms with Gasteiger partial charge in [0.25, 0.3) is 5.91 Å². The van der Waals surface area contributed by atoms with Crippen molar-refractivity contribution < 1.29 is 19.4 Å². The van der Waals surface area contributed by atoms with Crippen molar-refractivity contribution in [1.82, 2.24) is 4.90 Å². The summed E-state index contributed by atoms with van der Waals surface area (Å²) in [6, 6.07) is 7.25. The van der Waals surface area contributed by atoms with E-state index in [-0.39, 0.29) is 25.6 Å². The second kappa shape index (κ2) is 7.94. The Morgan fingerprint density at radius 3 is 2.23 bits per heavy atom. The van der Waals surface area contributed by atoms with Crippen LogP contribution in [-0.2, 0) is 16.0 Å². The Labute approximate surface area is 131 Å². The lowest BCUT2D eigenvalue weighted by Gasteiger charge is -2.24. The zero-order valence-electron chi connectivity index (χ0n) is 13.8. The van der Waals surface area contributed by atoms with Crippen LogP contribution < -0.4 is 0 Å². The van der Waals surface area contributed by atoms with E-state index in [2.05, 4.69) is 0 Å². The highest BCUT2D eigenvalue weighted by Crippen LogP contribution is 2.11. The van der Waals surface area contributed by atoms with Gasteiger partial charge in [-0.2, -0.15) is 0 Å². The SMILES string of the molecule is CCc1ccc(C(=O)N(CCO)CC(=O)OC(C)(C)C)cc1. The molecule has 0 heterocycles. The van der Waals surface area contributed by atoms with E-state index in [1.54, 1.807) is 32.9 Å². The number of rotatable bonds is 6. The van der Waals surface area contributed by atoms with Crippen LogP contribution in [0.5, 0.6) is 0 Å². The third-order valence-electron chi connectivity index (χ3n) is 3.01. The molecule has 0 aliphatic carbocycles. The molecule has 0 saturated heterocycles. The molecule has 22 heavy (non-hydrogen) atoms. The minimum Gasteiger partial charge on any atom is -0.459 e. The summed E-state index contributed by atoms with van der Waals surface area (Å²) in [5.74, 6) is -0.776. The molecule has 1 amide bonds. The van der Waals surface area contributed by atoms with Gasteiger partial charge in [-0.15, -0.1) is 0 Å². The number of esters is 1. The summed E-state index contributed by atoms with van der Waals surface area (Å²) < 4.78 is 5.22. The molecular formula is C17H25NO4. The van der Waals surface area contributed by atoms with Crippen LogP contribution in [0.2, 0.25) is 0 Å². The second-order valence-corrected chi connectivity index (χ2v) is 6.09. The molecule has 0 aliphatic heterocycles. The van der Waals surface area contributed by atoms with Gasteiger partial charge in [0.2, 0.25) is 0 Å². The van der Waals surface area contributed by atoms with Gasteiger partial charge in [0, 0.05) is 12.1 Å². The molecular weight excluding hydrogens is 282 g/mol. The smallest absolute Gasteiger partial charge is 0.326 e. The quantitative estimate of drug-likeness (QED) is 0.817. The molecule has 1 aromatic carbocycles. The second-order valence-electron chi connectivity index (χ2n) is 6.09. The van der Waals surface area contributed by atoms with Gasteiger partial charge in [0.1, 0.15) is 12.1 Å². The zero-order valence-corrected chi connectivity index (χ0v) is 13.8. The van der Waals surface area contributed by atoms with Crippen LogP contribution in [-0.4, -0.2) is 47.2 Å². The van der Waals surface area contributed by atoms with E-state index in [1.165, 1.54) is 4.90 Å². The van der Waals surface area contributed by atoms with Gasteiger partial charge in [0.15, 0.2) is 0 Å². The number of hydrogen-bond donors (Lipinski definition) is 1. The van der Waals surface area contributed by atoms with Gasteiger partial charge in [-0.3, -0.25) is 9.59 Å². The number of benzene rings is 1. The molecule has 0 radical (unpaired) electrons. The maximum Gasteiger partial charge on any atom is 0.326 e. The topological polar surface area (TPSA) is 66.8 Å². The number of aliphatic hydroxyl groups excluding tert-OH is 1. The number of amides is 1. The largest absolute Gasteiger partial charge is 0.459 e. The lowest BCUT2D eigenvalue weighted by molar-refractivity contribution is -0.155. The van der Waals surface area contributed by atoms with Crippen LogP contribution in [0.3, 0.4) is 0 Å². The number of nitrogens with zero attached hydrogens (tertiary/aromatic N) is 1. The van der Waals surface area contributed by atoms with Crippen LogP contribution in [0.25, 0.3) is 0 Å². The van der Waals surface area contributed by atoms with E-state index >= 15 is 0 Å².